The van der Waals surface area contributed by atoms with E-state index in [9.17, 15) is 5.11 Å². The van der Waals surface area contributed by atoms with E-state index in [1.54, 1.807) is 0 Å². The van der Waals surface area contributed by atoms with Crippen LogP contribution in [0.15, 0.2) is 11.6 Å². The van der Waals surface area contributed by atoms with Crippen molar-refractivity contribution in [3.05, 3.63) is 11.6 Å². The lowest BCUT2D eigenvalue weighted by atomic mass is 9.81. The smallest absolute Gasteiger partial charge is 0.0879 e. The summed E-state index contributed by atoms with van der Waals surface area (Å²) in [7, 11) is 0. The first-order valence-electron chi connectivity index (χ1n) is 5.81. The summed E-state index contributed by atoms with van der Waals surface area (Å²) in [4.78, 5) is 0. The second kappa shape index (κ2) is 4.45. The predicted octanol–water partition coefficient (Wildman–Crippen LogP) is 2.42. The molecule has 2 rings (SSSR count). The molecule has 1 heterocycles. The van der Waals surface area contributed by atoms with Crippen molar-refractivity contribution in [1.29, 1.82) is 0 Å². The fourth-order valence-electron chi connectivity index (χ4n) is 2.52. The van der Waals surface area contributed by atoms with E-state index in [4.69, 9.17) is 4.74 Å². The zero-order valence-electron chi connectivity index (χ0n) is 8.80. The van der Waals surface area contributed by atoms with E-state index in [0.717, 1.165) is 38.7 Å². The minimum atomic E-state index is -0.531. The van der Waals surface area contributed by atoms with Crippen molar-refractivity contribution in [3.8, 4) is 0 Å². The Morgan fingerprint density at radius 2 is 2.07 bits per heavy atom. The van der Waals surface area contributed by atoms with Gasteiger partial charge in [0.05, 0.1) is 5.60 Å². The molecule has 1 saturated heterocycles. The molecule has 1 aliphatic carbocycles. The molecule has 0 bridgehead atoms. The molecule has 1 N–H and O–H groups in total. The summed E-state index contributed by atoms with van der Waals surface area (Å²) >= 11 is 0. The first kappa shape index (κ1) is 10.2. The molecule has 1 aliphatic heterocycles. The van der Waals surface area contributed by atoms with Gasteiger partial charge in [-0.05, 0) is 44.1 Å². The van der Waals surface area contributed by atoms with Crippen molar-refractivity contribution in [1.82, 2.24) is 0 Å². The predicted molar refractivity (Wildman–Crippen MR) is 56.2 cm³/mol. The van der Waals surface area contributed by atoms with Gasteiger partial charge in [-0.15, -0.1) is 0 Å². The van der Waals surface area contributed by atoms with Crippen LogP contribution in [0.25, 0.3) is 0 Å². The van der Waals surface area contributed by atoms with E-state index in [0.29, 0.717) is 6.61 Å². The third kappa shape index (κ3) is 2.18. The Bertz CT molecular complexity index is 212. The number of rotatable bonds is 1. The normalized spacial score (nSPS) is 34.8. The third-order valence-corrected chi connectivity index (χ3v) is 3.43. The number of ether oxygens (including phenoxy) is 1. The quantitative estimate of drug-likeness (QED) is 0.653. The summed E-state index contributed by atoms with van der Waals surface area (Å²) in [5.74, 6) is 0. The summed E-state index contributed by atoms with van der Waals surface area (Å²) < 4.78 is 5.39. The van der Waals surface area contributed by atoms with Crippen LogP contribution in [0.1, 0.15) is 44.9 Å². The maximum Gasteiger partial charge on any atom is 0.0879 e. The van der Waals surface area contributed by atoms with E-state index >= 15 is 0 Å². The van der Waals surface area contributed by atoms with Crippen molar-refractivity contribution in [2.75, 3.05) is 13.2 Å². The van der Waals surface area contributed by atoms with Gasteiger partial charge in [-0.25, -0.2) is 0 Å². The molecule has 80 valence electrons. The molecule has 1 unspecified atom stereocenters. The summed E-state index contributed by atoms with van der Waals surface area (Å²) in [5.41, 5.74) is 0.756. The fraction of sp³-hybridized carbons (Fsp3) is 0.833. The van der Waals surface area contributed by atoms with Gasteiger partial charge in [0.25, 0.3) is 0 Å². The SMILES string of the molecule is OC1(C2=CCCCC2)CCCOCC1. The second-order valence-electron chi connectivity index (χ2n) is 4.47. The van der Waals surface area contributed by atoms with Gasteiger partial charge in [-0.3, -0.25) is 0 Å². The molecule has 14 heavy (non-hydrogen) atoms. The Kier molecular flexibility index (Phi) is 3.24. The van der Waals surface area contributed by atoms with Crippen LogP contribution in [-0.4, -0.2) is 23.9 Å². The van der Waals surface area contributed by atoms with Crippen LogP contribution in [0.3, 0.4) is 0 Å². The van der Waals surface area contributed by atoms with Crippen molar-refractivity contribution < 1.29 is 9.84 Å². The summed E-state index contributed by atoms with van der Waals surface area (Å²) in [6, 6.07) is 0. The Morgan fingerprint density at radius 3 is 2.86 bits per heavy atom. The van der Waals surface area contributed by atoms with Crippen LogP contribution in [0.2, 0.25) is 0 Å². The van der Waals surface area contributed by atoms with Crippen molar-refractivity contribution in [3.63, 3.8) is 0 Å². The average molecular weight is 196 g/mol. The second-order valence-corrected chi connectivity index (χ2v) is 4.47. The lowest BCUT2D eigenvalue weighted by Gasteiger charge is -2.31. The molecule has 0 radical (unpaired) electrons. The van der Waals surface area contributed by atoms with E-state index in [1.807, 2.05) is 0 Å². The molecule has 1 fully saturated rings. The largest absolute Gasteiger partial charge is 0.385 e. The lowest BCUT2D eigenvalue weighted by Crippen LogP contribution is -2.32. The first-order chi connectivity index (χ1) is 6.81. The molecule has 0 aromatic heterocycles. The molecule has 0 aromatic rings. The van der Waals surface area contributed by atoms with Gasteiger partial charge in [0.15, 0.2) is 0 Å². The lowest BCUT2D eigenvalue weighted by molar-refractivity contribution is 0.0478. The highest BCUT2D eigenvalue weighted by atomic mass is 16.5. The van der Waals surface area contributed by atoms with Crippen LogP contribution in [-0.2, 0) is 4.74 Å². The van der Waals surface area contributed by atoms with Crippen molar-refractivity contribution in [2.45, 2.75) is 50.5 Å². The number of hydrogen-bond donors (Lipinski definition) is 1. The number of allylic oxidation sites excluding steroid dienone is 1. The Hall–Kier alpha value is -0.340. The van der Waals surface area contributed by atoms with Crippen molar-refractivity contribution in [2.24, 2.45) is 0 Å². The Morgan fingerprint density at radius 1 is 1.14 bits per heavy atom. The standard InChI is InChI=1S/C12H20O2/c13-12(7-4-9-14-10-8-12)11-5-2-1-3-6-11/h5,13H,1-4,6-10H2. The van der Waals surface area contributed by atoms with E-state index in [2.05, 4.69) is 6.08 Å². The van der Waals surface area contributed by atoms with Gasteiger partial charge in [-0.1, -0.05) is 6.08 Å². The maximum atomic E-state index is 10.5. The van der Waals surface area contributed by atoms with Gasteiger partial charge < -0.3 is 9.84 Å². The Balaban J connectivity index is 2.07. The maximum absolute atomic E-state index is 10.5. The van der Waals surface area contributed by atoms with Gasteiger partial charge in [0.1, 0.15) is 0 Å². The monoisotopic (exact) mass is 196 g/mol. The Labute approximate surface area is 86.0 Å². The van der Waals surface area contributed by atoms with Gasteiger partial charge >= 0.3 is 0 Å². The summed E-state index contributed by atoms with van der Waals surface area (Å²) in [6.45, 7) is 1.53. The molecule has 2 nitrogen and oxygen atoms in total. The van der Waals surface area contributed by atoms with Crippen LogP contribution >= 0.6 is 0 Å². The molecule has 2 aliphatic rings. The van der Waals surface area contributed by atoms with E-state index < -0.39 is 5.60 Å². The highest BCUT2D eigenvalue weighted by molar-refractivity contribution is 5.18. The van der Waals surface area contributed by atoms with Gasteiger partial charge in [-0.2, -0.15) is 0 Å². The fourth-order valence-corrected chi connectivity index (χ4v) is 2.52. The molecule has 0 saturated carbocycles. The van der Waals surface area contributed by atoms with Crippen molar-refractivity contribution >= 4 is 0 Å². The van der Waals surface area contributed by atoms with Crippen LogP contribution in [0.4, 0.5) is 0 Å². The van der Waals surface area contributed by atoms with Gasteiger partial charge in [0, 0.05) is 19.6 Å². The molecule has 0 spiro atoms. The van der Waals surface area contributed by atoms with Crippen LogP contribution < -0.4 is 0 Å². The zero-order chi connectivity index (χ0) is 9.86. The minimum absolute atomic E-state index is 0.531. The number of hydrogen-bond acceptors (Lipinski definition) is 2. The topological polar surface area (TPSA) is 29.5 Å². The third-order valence-electron chi connectivity index (χ3n) is 3.43. The summed E-state index contributed by atoms with van der Waals surface area (Å²) in [5, 5.41) is 10.5. The van der Waals surface area contributed by atoms with Crippen LogP contribution in [0, 0.1) is 0 Å². The van der Waals surface area contributed by atoms with E-state index in [1.165, 1.54) is 18.4 Å². The molecular weight excluding hydrogens is 176 g/mol. The minimum Gasteiger partial charge on any atom is -0.385 e. The highest BCUT2D eigenvalue weighted by Gasteiger charge is 2.32. The summed E-state index contributed by atoms with van der Waals surface area (Å²) in [6.07, 6.45) is 9.71. The van der Waals surface area contributed by atoms with E-state index in [-0.39, 0.29) is 0 Å². The first-order valence-corrected chi connectivity index (χ1v) is 5.81. The van der Waals surface area contributed by atoms with Crippen LogP contribution in [0.5, 0.6) is 0 Å². The molecule has 2 heteroatoms. The average Bonchev–Trinajstić information content (AvgIpc) is 2.46. The molecule has 0 amide bonds. The number of aliphatic hydroxyl groups is 1. The molecule has 1 atom stereocenters. The molecule has 0 aromatic carbocycles. The van der Waals surface area contributed by atoms with Gasteiger partial charge in [0.2, 0.25) is 0 Å². The zero-order valence-corrected chi connectivity index (χ0v) is 8.80. The highest BCUT2D eigenvalue weighted by Crippen LogP contribution is 2.34. The molecular formula is C12H20O2.